The molecule has 0 saturated carbocycles. The molecule has 2 aromatic carbocycles. The fourth-order valence-corrected chi connectivity index (χ4v) is 4.73. The second-order valence-corrected chi connectivity index (χ2v) is 8.68. The molecule has 6 nitrogen and oxygen atoms in total. The van der Waals surface area contributed by atoms with E-state index in [9.17, 15) is 14.4 Å². The molecule has 3 aromatic rings. The Kier molecular flexibility index (Phi) is 6.86. The summed E-state index contributed by atoms with van der Waals surface area (Å²) in [5.74, 6) is -2.18. The molecule has 3 rings (SSSR count). The number of hydrogen-bond acceptors (Lipinski definition) is 8. The molecular weight excluding hydrogens is 432 g/mol. The van der Waals surface area contributed by atoms with Gasteiger partial charge in [0.1, 0.15) is 20.9 Å². The van der Waals surface area contributed by atoms with Crippen LogP contribution < -0.4 is 9.47 Å². The highest BCUT2D eigenvalue weighted by Gasteiger charge is 2.17. The number of carbonyl (C=O) groups is 3. The molecule has 0 amide bonds. The number of carboxylic acids is 1. The number of aliphatic carboxylic acids is 1. The SMILES string of the molecule is O=C(O)CCC(=O)Oc1ccccc1C(=O)Oc1ccc(-c2cc(=S)ss2)cc1. The molecule has 0 atom stereocenters. The second-order valence-electron chi connectivity index (χ2n) is 5.77. The van der Waals surface area contributed by atoms with Gasteiger partial charge < -0.3 is 14.6 Å². The van der Waals surface area contributed by atoms with Crippen LogP contribution in [-0.2, 0) is 9.59 Å². The highest BCUT2D eigenvalue weighted by molar-refractivity contribution is 7.80. The van der Waals surface area contributed by atoms with Crippen molar-refractivity contribution in [1.29, 1.82) is 0 Å². The van der Waals surface area contributed by atoms with E-state index in [-0.39, 0.29) is 24.2 Å². The maximum atomic E-state index is 12.5. The average molecular weight is 447 g/mol. The molecule has 1 N–H and O–H groups in total. The summed E-state index contributed by atoms with van der Waals surface area (Å²) >= 11 is 5.14. The summed E-state index contributed by atoms with van der Waals surface area (Å²) in [4.78, 5) is 35.9. The third-order valence-corrected chi connectivity index (χ3v) is 6.60. The minimum atomic E-state index is -1.11. The summed E-state index contributed by atoms with van der Waals surface area (Å²) in [6, 6.07) is 15.0. The summed E-state index contributed by atoms with van der Waals surface area (Å²) in [7, 11) is 3.10. The molecule has 0 unspecified atom stereocenters. The van der Waals surface area contributed by atoms with Gasteiger partial charge in [-0.05, 0) is 48.0 Å². The molecule has 9 heteroatoms. The molecule has 0 fully saturated rings. The van der Waals surface area contributed by atoms with Gasteiger partial charge in [0.05, 0.1) is 12.8 Å². The third kappa shape index (κ3) is 5.80. The number of para-hydroxylation sites is 1. The van der Waals surface area contributed by atoms with Gasteiger partial charge in [-0.25, -0.2) is 4.79 Å². The van der Waals surface area contributed by atoms with E-state index < -0.39 is 17.9 Å². The first-order chi connectivity index (χ1) is 13.9. The number of carbonyl (C=O) groups excluding carboxylic acids is 2. The Morgan fingerprint density at radius 2 is 1.66 bits per heavy atom. The van der Waals surface area contributed by atoms with Crippen LogP contribution in [0.15, 0.2) is 54.6 Å². The van der Waals surface area contributed by atoms with Crippen molar-refractivity contribution in [3.63, 3.8) is 0 Å². The monoisotopic (exact) mass is 446 g/mol. The van der Waals surface area contributed by atoms with E-state index in [1.54, 1.807) is 34.6 Å². The highest BCUT2D eigenvalue weighted by Crippen LogP contribution is 2.30. The van der Waals surface area contributed by atoms with Gasteiger partial charge in [0.2, 0.25) is 0 Å². The largest absolute Gasteiger partial charge is 0.481 e. The van der Waals surface area contributed by atoms with E-state index in [1.807, 2.05) is 18.2 Å². The van der Waals surface area contributed by atoms with Crippen LogP contribution in [-0.4, -0.2) is 23.0 Å². The van der Waals surface area contributed by atoms with Crippen LogP contribution in [0.2, 0.25) is 0 Å². The van der Waals surface area contributed by atoms with Gasteiger partial charge in [-0.15, -0.1) is 0 Å². The molecule has 1 heterocycles. The molecule has 0 aliphatic rings. The standard InChI is InChI=1S/C20H14O6S3/c21-17(22)9-10-18(23)26-15-4-2-1-3-14(15)20(24)25-13-7-5-12(6-8-13)16-11-19(27)29-28-16/h1-8,11H,9-10H2,(H,21,22). The first-order valence-corrected chi connectivity index (χ1v) is 10.9. The lowest BCUT2D eigenvalue weighted by molar-refractivity contribution is -0.142. The van der Waals surface area contributed by atoms with Crippen molar-refractivity contribution in [3.05, 3.63) is 64.0 Å². The summed E-state index contributed by atoms with van der Waals surface area (Å²) in [6.07, 6.45) is -0.647. The van der Waals surface area contributed by atoms with Crippen molar-refractivity contribution >= 4 is 50.8 Å². The van der Waals surface area contributed by atoms with E-state index in [0.29, 0.717) is 5.75 Å². The topological polar surface area (TPSA) is 89.9 Å². The molecule has 0 bridgehead atoms. The Morgan fingerprint density at radius 1 is 0.931 bits per heavy atom. The third-order valence-electron chi connectivity index (χ3n) is 3.69. The average Bonchev–Trinajstić information content (AvgIpc) is 3.13. The van der Waals surface area contributed by atoms with E-state index in [2.05, 4.69) is 0 Å². The Labute approximate surface area is 178 Å². The Bertz CT molecular complexity index is 1100. The number of carboxylic acid groups (broad SMARTS) is 1. The van der Waals surface area contributed by atoms with Gasteiger partial charge in [0.25, 0.3) is 0 Å². The van der Waals surface area contributed by atoms with Crippen LogP contribution in [0.1, 0.15) is 23.2 Å². The predicted molar refractivity (Wildman–Crippen MR) is 112 cm³/mol. The Morgan fingerprint density at radius 3 is 2.31 bits per heavy atom. The van der Waals surface area contributed by atoms with Crippen LogP contribution in [0, 0.1) is 3.82 Å². The van der Waals surface area contributed by atoms with Crippen LogP contribution in [0.3, 0.4) is 0 Å². The van der Waals surface area contributed by atoms with Gasteiger partial charge in [-0.3, -0.25) is 9.59 Å². The number of rotatable bonds is 7. The summed E-state index contributed by atoms with van der Waals surface area (Å²) < 4.78 is 11.3. The first kappa shape index (κ1) is 20.8. The fourth-order valence-electron chi connectivity index (χ4n) is 2.33. The van der Waals surface area contributed by atoms with Crippen molar-refractivity contribution < 1.29 is 29.0 Å². The highest BCUT2D eigenvalue weighted by atomic mass is 32.9. The molecule has 1 aromatic heterocycles. The molecule has 0 saturated heterocycles. The molecule has 29 heavy (non-hydrogen) atoms. The minimum Gasteiger partial charge on any atom is -0.481 e. The minimum absolute atomic E-state index is 0.0163. The van der Waals surface area contributed by atoms with Crippen LogP contribution in [0.4, 0.5) is 0 Å². The van der Waals surface area contributed by atoms with Crippen molar-refractivity contribution in [2.75, 3.05) is 0 Å². The zero-order valence-corrected chi connectivity index (χ0v) is 17.3. The smallest absolute Gasteiger partial charge is 0.347 e. The maximum Gasteiger partial charge on any atom is 0.347 e. The van der Waals surface area contributed by atoms with Crippen LogP contribution in [0.25, 0.3) is 10.4 Å². The lowest BCUT2D eigenvalue weighted by Crippen LogP contribution is -2.15. The zero-order chi connectivity index (χ0) is 20.8. The molecule has 0 aliphatic carbocycles. The number of ether oxygens (including phenoxy) is 2. The second kappa shape index (κ2) is 9.55. The molecule has 148 valence electrons. The van der Waals surface area contributed by atoms with Gasteiger partial charge in [0.15, 0.2) is 0 Å². The lowest BCUT2D eigenvalue weighted by atomic mass is 10.2. The number of benzene rings is 2. The first-order valence-electron chi connectivity index (χ1n) is 8.36. The van der Waals surface area contributed by atoms with E-state index in [0.717, 1.165) is 14.3 Å². The Balaban J connectivity index is 1.70. The molecule has 0 radical (unpaired) electrons. The number of esters is 2. The van der Waals surface area contributed by atoms with Crippen molar-refractivity contribution in [3.8, 4) is 21.9 Å². The van der Waals surface area contributed by atoms with E-state index >= 15 is 0 Å². The summed E-state index contributed by atoms with van der Waals surface area (Å²) in [5.41, 5.74) is 1.03. The van der Waals surface area contributed by atoms with Gasteiger partial charge in [-0.2, -0.15) is 0 Å². The number of hydrogen-bond donors (Lipinski definition) is 1. The van der Waals surface area contributed by atoms with Crippen molar-refractivity contribution in [1.82, 2.24) is 0 Å². The summed E-state index contributed by atoms with van der Waals surface area (Å²) in [5, 5.41) is 8.64. The van der Waals surface area contributed by atoms with Crippen LogP contribution in [0.5, 0.6) is 11.5 Å². The van der Waals surface area contributed by atoms with Crippen molar-refractivity contribution in [2.45, 2.75) is 12.8 Å². The van der Waals surface area contributed by atoms with E-state index in [4.69, 9.17) is 26.8 Å². The van der Waals surface area contributed by atoms with Gasteiger partial charge >= 0.3 is 17.9 Å². The zero-order valence-electron chi connectivity index (χ0n) is 14.8. The lowest BCUT2D eigenvalue weighted by Gasteiger charge is -2.10. The van der Waals surface area contributed by atoms with Gasteiger partial charge in [-0.1, -0.05) is 45.0 Å². The molecule has 0 aliphatic heterocycles. The molecule has 0 spiro atoms. The quantitative estimate of drug-likeness (QED) is 0.231. The molecular formula is C20H14O6S3. The van der Waals surface area contributed by atoms with Crippen LogP contribution >= 0.6 is 32.9 Å². The normalized spacial score (nSPS) is 10.3. The Hall–Kier alpha value is -2.88. The fraction of sp³-hybridized carbons (Fsp3) is 0.100. The summed E-state index contributed by atoms with van der Waals surface area (Å²) in [6.45, 7) is 0. The van der Waals surface area contributed by atoms with Gasteiger partial charge in [0, 0.05) is 4.88 Å². The maximum absolute atomic E-state index is 12.5. The van der Waals surface area contributed by atoms with E-state index in [1.165, 1.54) is 22.5 Å². The van der Waals surface area contributed by atoms with Crippen molar-refractivity contribution in [2.24, 2.45) is 0 Å². The predicted octanol–water partition coefficient (Wildman–Crippen LogP) is 5.20.